The van der Waals surface area contributed by atoms with Gasteiger partial charge >= 0.3 is 0 Å². The Kier molecular flexibility index (Phi) is 7.60. The van der Waals surface area contributed by atoms with E-state index in [1.165, 1.54) is 36.4 Å². The minimum absolute atomic E-state index is 0.0793. The summed E-state index contributed by atoms with van der Waals surface area (Å²) in [7, 11) is -3.95. The van der Waals surface area contributed by atoms with Crippen LogP contribution < -0.4 is 10.0 Å². The quantitative estimate of drug-likeness (QED) is 0.484. The van der Waals surface area contributed by atoms with Gasteiger partial charge in [0.05, 0.1) is 23.3 Å². The number of anilines is 2. The van der Waals surface area contributed by atoms with E-state index >= 15 is 0 Å². The highest BCUT2D eigenvalue weighted by Crippen LogP contribution is 2.18. The zero-order chi connectivity index (χ0) is 23.1. The summed E-state index contributed by atoms with van der Waals surface area (Å²) in [5.74, 6) is -0.921. The van der Waals surface area contributed by atoms with E-state index in [2.05, 4.69) is 33.9 Å². The van der Waals surface area contributed by atoms with Gasteiger partial charge in [0.2, 0.25) is 0 Å². The van der Waals surface area contributed by atoms with Crippen molar-refractivity contribution in [1.82, 2.24) is 14.7 Å². The topological polar surface area (TPSA) is 96.3 Å². The van der Waals surface area contributed by atoms with E-state index in [1.54, 1.807) is 17.1 Å². The molecular formula is C22H26FN5O3S. The first-order valence-electron chi connectivity index (χ1n) is 10.3. The van der Waals surface area contributed by atoms with E-state index in [-0.39, 0.29) is 16.1 Å². The number of hydrogen-bond donors (Lipinski definition) is 2. The monoisotopic (exact) mass is 459 g/mol. The van der Waals surface area contributed by atoms with Crippen molar-refractivity contribution in [2.24, 2.45) is 0 Å². The molecule has 3 rings (SSSR count). The number of nitrogens with zero attached hydrogens (tertiary/aromatic N) is 3. The average Bonchev–Trinajstić information content (AvgIpc) is 3.23. The van der Waals surface area contributed by atoms with Crippen LogP contribution in [0.4, 0.5) is 15.8 Å². The number of hydrogen-bond acceptors (Lipinski definition) is 5. The van der Waals surface area contributed by atoms with Crippen LogP contribution in [-0.2, 0) is 16.6 Å². The molecule has 0 aliphatic rings. The number of rotatable bonds is 10. The van der Waals surface area contributed by atoms with E-state index in [9.17, 15) is 17.6 Å². The van der Waals surface area contributed by atoms with Crippen LogP contribution in [0.25, 0.3) is 0 Å². The van der Waals surface area contributed by atoms with Gasteiger partial charge in [-0.05, 0) is 55.6 Å². The average molecular weight is 460 g/mol. The van der Waals surface area contributed by atoms with Crippen molar-refractivity contribution in [1.29, 1.82) is 0 Å². The summed E-state index contributed by atoms with van der Waals surface area (Å²) < 4.78 is 42.5. The maximum atomic E-state index is 13.0. The summed E-state index contributed by atoms with van der Waals surface area (Å²) in [6.45, 7) is 7.65. The Bertz CT molecular complexity index is 1160. The lowest BCUT2D eigenvalue weighted by atomic mass is 10.2. The zero-order valence-electron chi connectivity index (χ0n) is 18.0. The Balaban J connectivity index is 1.67. The Morgan fingerprint density at radius 3 is 2.50 bits per heavy atom. The van der Waals surface area contributed by atoms with Gasteiger partial charge in [0.15, 0.2) is 0 Å². The molecule has 0 saturated heterocycles. The van der Waals surface area contributed by atoms with E-state index in [0.29, 0.717) is 12.2 Å². The largest absolute Gasteiger partial charge is 0.319 e. The predicted octanol–water partition coefficient (Wildman–Crippen LogP) is 3.42. The lowest BCUT2D eigenvalue weighted by Crippen LogP contribution is -2.27. The first-order chi connectivity index (χ1) is 15.3. The van der Waals surface area contributed by atoms with Crippen molar-refractivity contribution in [3.8, 4) is 0 Å². The van der Waals surface area contributed by atoms with Crippen LogP contribution >= 0.6 is 0 Å². The van der Waals surface area contributed by atoms with Crippen LogP contribution in [0.1, 0.15) is 24.2 Å². The number of halogens is 1. The summed E-state index contributed by atoms with van der Waals surface area (Å²) in [6, 6.07) is 10.6. The molecule has 1 heterocycles. The summed E-state index contributed by atoms with van der Waals surface area (Å²) in [4.78, 5) is 14.8. The van der Waals surface area contributed by atoms with Gasteiger partial charge in [-0.3, -0.25) is 14.2 Å². The minimum atomic E-state index is -3.95. The fourth-order valence-electron chi connectivity index (χ4n) is 3.07. The Labute approximate surface area is 187 Å². The molecule has 0 spiro atoms. The molecule has 2 aromatic carbocycles. The number of carbonyl (C=O) groups is 1. The summed E-state index contributed by atoms with van der Waals surface area (Å²) in [6.07, 6.45) is 3.29. The van der Waals surface area contributed by atoms with Crippen molar-refractivity contribution < 1.29 is 17.6 Å². The fraction of sp³-hybridized carbons (Fsp3) is 0.273. The van der Waals surface area contributed by atoms with Crippen LogP contribution in [0.15, 0.2) is 65.8 Å². The van der Waals surface area contributed by atoms with Gasteiger partial charge in [-0.1, -0.05) is 19.9 Å². The van der Waals surface area contributed by atoms with Crippen LogP contribution in [0.5, 0.6) is 0 Å². The number of benzene rings is 2. The summed E-state index contributed by atoms with van der Waals surface area (Å²) >= 11 is 0. The molecule has 0 aliphatic heterocycles. The minimum Gasteiger partial charge on any atom is -0.319 e. The summed E-state index contributed by atoms with van der Waals surface area (Å²) in [5, 5.41) is 6.99. The molecular weight excluding hydrogens is 433 g/mol. The normalized spacial score (nSPS) is 11.5. The highest BCUT2D eigenvalue weighted by molar-refractivity contribution is 7.92. The SMILES string of the molecule is CCN(CC)CCn1cc(NC(=O)c2cccc(S(=O)(=O)Nc3ccc(F)cc3)c2)cn1. The van der Waals surface area contributed by atoms with Gasteiger partial charge in [-0.15, -0.1) is 0 Å². The number of likely N-dealkylation sites (N-methyl/N-ethyl adjacent to an activating group) is 1. The number of amides is 1. The molecule has 2 N–H and O–H groups in total. The van der Waals surface area contributed by atoms with E-state index in [1.807, 2.05) is 0 Å². The van der Waals surface area contributed by atoms with E-state index in [4.69, 9.17) is 0 Å². The van der Waals surface area contributed by atoms with Gasteiger partial charge in [0.1, 0.15) is 5.82 Å². The predicted molar refractivity (Wildman–Crippen MR) is 122 cm³/mol. The number of carbonyl (C=O) groups excluding carboxylic acids is 1. The molecule has 10 heteroatoms. The van der Waals surface area contributed by atoms with Gasteiger partial charge < -0.3 is 10.2 Å². The maximum Gasteiger partial charge on any atom is 0.261 e. The van der Waals surface area contributed by atoms with Gasteiger partial charge in [-0.2, -0.15) is 5.10 Å². The van der Waals surface area contributed by atoms with Crippen LogP contribution in [0.3, 0.4) is 0 Å². The molecule has 1 aromatic heterocycles. The second kappa shape index (κ2) is 10.4. The molecule has 8 nitrogen and oxygen atoms in total. The Morgan fingerprint density at radius 2 is 1.81 bits per heavy atom. The molecule has 0 bridgehead atoms. The molecule has 1 amide bonds. The van der Waals surface area contributed by atoms with Crippen molar-refractivity contribution in [2.45, 2.75) is 25.3 Å². The molecule has 0 radical (unpaired) electrons. The standard InChI is InChI=1S/C22H26FN5O3S/c1-3-27(4-2)12-13-28-16-20(15-24-28)25-22(29)17-6-5-7-21(14-17)32(30,31)26-19-10-8-18(23)9-11-19/h5-11,14-16,26H,3-4,12-13H2,1-2H3,(H,25,29). The second-order valence-corrected chi connectivity index (χ2v) is 8.80. The smallest absolute Gasteiger partial charge is 0.261 e. The van der Waals surface area contributed by atoms with Crippen molar-refractivity contribution in [3.05, 3.63) is 72.3 Å². The Hall–Kier alpha value is -3.24. The summed E-state index contributed by atoms with van der Waals surface area (Å²) in [5.41, 5.74) is 0.925. The Morgan fingerprint density at radius 1 is 1.09 bits per heavy atom. The van der Waals surface area contributed by atoms with Crippen LogP contribution in [0, 0.1) is 5.82 Å². The first kappa shape index (κ1) is 23.4. The van der Waals surface area contributed by atoms with Gasteiger partial charge in [0, 0.05) is 24.0 Å². The third-order valence-electron chi connectivity index (χ3n) is 4.93. The first-order valence-corrected chi connectivity index (χ1v) is 11.7. The molecule has 0 atom stereocenters. The van der Waals surface area contributed by atoms with Crippen LogP contribution in [-0.4, -0.2) is 48.6 Å². The molecule has 0 fully saturated rings. The maximum absolute atomic E-state index is 13.0. The molecule has 0 unspecified atom stereocenters. The highest BCUT2D eigenvalue weighted by atomic mass is 32.2. The van der Waals surface area contributed by atoms with Gasteiger partial charge in [0.25, 0.3) is 15.9 Å². The highest BCUT2D eigenvalue weighted by Gasteiger charge is 2.17. The van der Waals surface area contributed by atoms with Gasteiger partial charge in [-0.25, -0.2) is 12.8 Å². The van der Waals surface area contributed by atoms with Crippen molar-refractivity contribution in [3.63, 3.8) is 0 Å². The lowest BCUT2D eigenvalue weighted by molar-refractivity contribution is 0.102. The van der Waals surface area contributed by atoms with Crippen LogP contribution in [0.2, 0.25) is 0 Å². The van der Waals surface area contributed by atoms with Crippen molar-refractivity contribution >= 4 is 27.3 Å². The molecule has 3 aromatic rings. The molecule has 170 valence electrons. The number of aromatic nitrogens is 2. The molecule has 0 saturated carbocycles. The fourth-order valence-corrected chi connectivity index (χ4v) is 4.18. The molecule has 0 aliphatic carbocycles. The molecule has 32 heavy (non-hydrogen) atoms. The van der Waals surface area contributed by atoms with E-state index < -0.39 is 21.7 Å². The third-order valence-corrected chi connectivity index (χ3v) is 6.31. The zero-order valence-corrected chi connectivity index (χ0v) is 18.8. The van der Waals surface area contributed by atoms with E-state index in [0.717, 1.165) is 31.8 Å². The second-order valence-electron chi connectivity index (χ2n) is 7.11. The third kappa shape index (κ3) is 6.14. The lowest BCUT2D eigenvalue weighted by Gasteiger charge is -2.17. The van der Waals surface area contributed by atoms with Crippen molar-refractivity contribution in [2.75, 3.05) is 29.7 Å². The number of sulfonamides is 1. The number of nitrogens with one attached hydrogen (secondary N) is 2.